The molecule has 0 aliphatic rings. The minimum absolute atomic E-state index is 0.337. The van der Waals surface area contributed by atoms with Crippen molar-refractivity contribution >= 4 is 11.0 Å². The average molecular weight is 266 g/mol. The van der Waals surface area contributed by atoms with Crippen LogP contribution in [0, 0.1) is 6.92 Å². The zero-order valence-corrected chi connectivity index (χ0v) is 11.3. The van der Waals surface area contributed by atoms with Crippen molar-refractivity contribution in [3.8, 4) is 16.9 Å². The molecule has 0 aliphatic carbocycles. The number of fused-ring (bicyclic) bond motifs is 1. The van der Waals surface area contributed by atoms with Gasteiger partial charge in [0.15, 0.2) is 0 Å². The molecule has 0 fully saturated rings. The number of rotatable bonds is 2. The smallest absolute Gasteiger partial charge is 0.344 e. The molecular weight excluding hydrogens is 252 g/mol. The van der Waals surface area contributed by atoms with Crippen molar-refractivity contribution in [1.82, 2.24) is 0 Å². The summed E-state index contributed by atoms with van der Waals surface area (Å²) in [4.78, 5) is 12.1. The zero-order valence-electron chi connectivity index (χ0n) is 11.3. The minimum Gasteiger partial charge on any atom is -0.497 e. The van der Waals surface area contributed by atoms with E-state index in [-0.39, 0.29) is 5.63 Å². The van der Waals surface area contributed by atoms with E-state index in [1.165, 1.54) is 0 Å². The lowest BCUT2D eigenvalue weighted by Crippen LogP contribution is -2.02. The van der Waals surface area contributed by atoms with Crippen molar-refractivity contribution in [3.05, 3.63) is 64.5 Å². The normalized spacial score (nSPS) is 10.7. The quantitative estimate of drug-likeness (QED) is 0.663. The molecule has 1 aromatic heterocycles. The molecular formula is C17H14O3. The van der Waals surface area contributed by atoms with Crippen LogP contribution in [0.15, 0.2) is 57.7 Å². The summed E-state index contributed by atoms with van der Waals surface area (Å²) in [7, 11) is 1.58. The van der Waals surface area contributed by atoms with E-state index in [9.17, 15) is 4.79 Å². The number of methoxy groups -OCH3 is 1. The maximum absolute atomic E-state index is 12.1. The third kappa shape index (κ3) is 2.18. The molecule has 0 aliphatic heterocycles. The first-order chi connectivity index (χ1) is 9.67. The van der Waals surface area contributed by atoms with Gasteiger partial charge in [-0.2, -0.15) is 0 Å². The molecule has 0 saturated heterocycles. The van der Waals surface area contributed by atoms with E-state index in [2.05, 4.69) is 0 Å². The molecule has 20 heavy (non-hydrogen) atoms. The minimum atomic E-state index is -0.337. The summed E-state index contributed by atoms with van der Waals surface area (Å²) in [6.07, 6.45) is 0. The Morgan fingerprint density at radius 3 is 2.65 bits per heavy atom. The van der Waals surface area contributed by atoms with Crippen LogP contribution in [0.1, 0.15) is 5.56 Å². The maximum Gasteiger partial charge on any atom is 0.344 e. The van der Waals surface area contributed by atoms with Crippen LogP contribution in [0.2, 0.25) is 0 Å². The lowest BCUT2D eigenvalue weighted by molar-refractivity contribution is 0.414. The predicted molar refractivity (Wildman–Crippen MR) is 79.2 cm³/mol. The van der Waals surface area contributed by atoms with Crippen molar-refractivity contribution in [2.45, 2.75) is 6.92 Å². The molecule has 0 amide bonds. The molecule has 0 radical (unpaired) electrons. The first-order valence-electron chi connectivity index (χ1n) is 6.36. The van der Waals surface area contributed by atoms with Gasteiger partial charge in [-0.25, -0.2) is 4.79 Å². The molecule has 0 bridgehead atoms. The van der Waals surface area contributed by atoms with Gasteiger partial charge in [0.1, 0.15) is 11.3 Å². The van der Waals surface area contributed by atoms with Gasteiger partial charge in [-0.05, 0) is 30.7 Å². The van der Waals surface area contributed by atoms with Crippen LogP contribution in [0.4, 0.5) is 0 Å². The molecule has 0 atom stereocenters. The van der Waals surface area contributed by atoms with Crippen LogP contribution >= 0.6 is 0 Å². The van der Waals surface area contributed by atoms with E-state index in [1.807, 2.05) is 49.4 Å². The van der Waals surface area contributed by atoms with Gasteiger partial charge in [-0.3, -0.25) is 0 Å². The lowest BCUT2D eigenvalue weighted by Gasteiger charge is -2.05. The third-order valence-electron chi connectivity index (χ3n) is 3.27. The molecule has 0 saturated carbocycles. The number of benzene rings is 2. The van der Waals surface area contributed by atoms with Crippen LogP contribution < -0.4 is 10.4 Å². The number of hydrogen-bond acceptors (Lipinski definition) is 3. The van der Waals surface area contributed by atoms with Crippen LogP contribution in [-0.4, -0.2) is 7.11 Å². The molecule has 2 aromatic carbocycles. The van der Waals surface area contributed by atoms with Crippen molar-refractivity contribution in [3.63, 3.8) is 0 Å². The fourth-order valence-corrected chi connectivity index (χ4v) is 2.23. The Hall–Kier alpha value is -2.55. The highest BCUT2D eigenvalue weighted by Gasteiger charge is 2.08. The Labute approximate surface area is 116 Å². The Balaban J connectivity index is 2.23. The SMILES string of the molecule is COc1ccc2cc(-c3cccc(C)c3)c(=O)oc2c1. The van der Waals surface area contributed by atoms with Gasteiger partial charge in [-0.15, -0.1) is 0 Å². The van der Waals surface area contributed by atoms with Crippen LogP contribution in [0.5, 0.6) is 5.75 Å². The second-order valence-corrected chi connectivity index (χ2v) is 4.72. The van der Waals surface area contributed by atoms with Crippen LogP contribution in [0.3, 0.4) is 0 Å². The van der Waals surface area contributed by atoms with Crippen molar-refractivity contribution in [1.29, 1.82) is 0 Å². The van der Waals surface area contributed by atoms with Crippen molar-refractivity contribution in [2.75, 3.05) is 7.11 Å². The monoisotopic (exact) mass is 266 g/mol. The Morgan fingerprint density at radius 2 is 1.90 bits per heavy atom. The molecule has 0 N–H and O–H groups in total. The molecule has 3 rings (SSSR count). The van der Waals surface area contributed by atoms with Gasteiger partial charge >= 0.3 is 5.63 Å². The summed E-state index contributed by atoms with van der Waals surface area (Å²) >= 11 is 0. The van der Waals surface area contributed by atoms with E-state index in [0.29, 0.717) is 16.9 Å². The fourth-order valence-electron chi connectivity index (χ4n) is 2.23. The van der Waals surface area contributed by atoms with E-state index < -0.39 is 0 Å². The zero-order chi connectivity index (χ0) is 14.1. The third-order valence-corrected chi connectivity index (χ3v) is 3.27. The second kappa shape index (κ2) is 4.85. The molecule has 0 spiro atoms. The highest BCUT2D eigenvalue weighted by Crippen LogP contribution is 2.24. The van der Waals surface area contributed by atoms with E-state index in [1.54, 1.807) is 13.2 Å². The van der Waals surface area contributed by atoms with Gasteiger partial charge in [0.25, 0.3) is 0 Å². The number of aryl methyl sites for hydroxylation is 1. The Kier molecular flexibility index (Phi) is 3.03. The summed E-state index contributed by atoms with van der Waals surface area (Å²) in [6, 6.07) is 15.1. The lowest BCUT2D eigenvalue weighted by atomic mass is 10.0. The molecule has 1 heterocycles. The van der Waals surface area contributed by atoms with Crippen molar-refractivity contribution < 1.29 is 9.15 Å². The number of hydrogen-bond donors (Lipinski definition) is 0. The topological polar surface area (TPSA) is 39.4 Å². The fraction of sp³-hybridized carbons (Fsp3) is 0.118. The van der Waals surface area contributed by atoms with Gasteiger partial charge in [0.05, 0.1) is 12.7 Å². The van der Waals surface area contributed by atoms with Gasteiger partial charge in [0.2, 0.25) is 0 Å². The van der Waals surface area contributed by atoms with Gasteiger partial charge < -0.3 is 9.15 Å². The summed E-state index contributed by atoms with van der Waals surface area (Å²) in [5.74, 6) is 0.670. The Morgan fingerprint density at radius 1 is 1.05 bits per heavy atom. The molecule has 100 valence electrons. The largest absolute Gasteiger partial charge is 0.497 e. The van der Waals surface area contributed by atoms with E-state index in [0.717, 1.165) is 16.5 Å². The van der Waals surface area contributed by atoms with Crippen LogP contribution in [-0.2, 0) is 0 Å². The highest BCUT2D eigenvalue weighted by atomic mass is 16.5. The molecule has 3 nitrogen and oxygen atoms in total. The first kappa shape index (κ1) is 12.5. The molecule has 3 aromatic rings. The summed E-state index contributed by atoms with van der Waals surface area (Å²) in [5.41, 5.74) is 2.75. The van der Waals surface area contributed by atoms with Gasteiger partial charge in [-0.1, -0.05) is 29.8 Å². The Bertz CT molecular complexity index is 831. The highest BCUT2D eigenvalue weighted by molar-refractivity contribution is 5.82. The number of ether oxygens (including phenoxy) is 1. The van der Waals surface area contributed by atoms with Crippen molar-refractivity contribution in [2.24, 2.45) is 0 Å². The maximum atomic E-state index is 12.1. The first-order valence-corrected chi connectivity index (χ1v) is 6.36. The average Bonchev–Trinajstić information content (AvgIpc) is 2.46. The molecule has 3 heteroatoms. The second-order valence-electron chi connectivity index (χ2n) is 4.72. The predicted octanol–water partition coefficient (Wildman–Crippen LogP) is 3.78. The summed E-state index contributed by atoms with van der Waals surface area (Å²) in [5, 5.41) is 0.877. The standard InChI is InChI=1S/C17H14O3/c1-11-4-3-5-12(8-11)15-9-13-6-7-14(19-2)10-16(13)20-17(15)18/h3-10H,1-2H3. The van der Waals surface area contributed by atoms with Crippen LogP contribution in [0.25, 0.3) is 22.1 Å². The summed E-state index contributed by atoms with van der Waals surface area (Å²) in [6.45, 7) is 2.00. The van der Waals surface area contributed by atoms with E-state index >= 15 is 0 Å². The van der Waals surface area contributed by atoms with E-state index in [4.69, 9.17) is 9.15 Å². The molecule has 0 unspecified atom stereocenters. The van der Waals surface area contributed by atoms with Gasteiger partial charge in [0, 0.05) is 11.5 Å². The summed E-state index contributed by atoms with van der Waals surface area (Å²) < 4.78 is 10.5.